The monoisotopic (exact) mass is 375 g/mol. The van der Waals surface area contributed by atoms with E-state index < -0.39 is 0 Å². The average Bonchev–Trinajstić information content (AvgIpc) is 3.24. The van der Waals surface area contributed by atoms with Crippen molar-refractivity contribution in [2.75, 3.05) is 13.2 Å². The minimum absolute atomic E-state index is 0.352. The van der Waals surface area contributed by atoms with E-state index in [1.807, 2.05) is 0 Å². The molecule has 5 fully saturated rings. The number of hydrogen-bond donors (Lipinski definition) is 1. The second kappa shape index (κ2) is 6.19. The molecule has 5 aliphatic rings. The molecule has 1 heterocycles. The maximum Gasteiger partial charge on any atom is 0.169 e. The molecule has 0 aromatic rings. The highest BCUT2D eigenvalue weighted by molar-refractivity contribution is 5.85. The predicted molar refractivity (Wildman–Crippen MR) is 105 cm³/mol. The Morgan fingerprint density at radius 2 is 1.63 bits per heavy atom. The maximum absolute atomic E-state index is 9.28. The van der Waals surface area contributed by atoms with Crippen LogP contribution < -0.4 is 0 Å². The molecule has 4 nitrogen and oxygen atoms in total. The molecule has 1 N–H and O–H groups in total. The van der Waals surface area contributed by atoms with Crippen molar-refractivity contribution in [3.05, 3.63) is 0 Å². The van der Waals surface area contributed by atoms with Gasteiger partial charge in [0.25, 0.3) is 0 Å². The highest BCUT2D eigenvalue weighted by Gasteiger charge is 2.63. The summed E-state index contributed by atoms with van der Waals surface area (Å²) >= 11 is 0. The Balaban J connectivity index is 1.41. The molecular weight excluding hydrogens is 338 g/mol. The van der Waals surface area contributed by atoms with Gasteiger partial charge < -0.3 is 14.7 Å². The third kappa shape index (κ3) is 2.51. The Labute approximate surface area is 164 Å². The van der Waals surface area contributed by atoms with Crippen molar-refractivity contribution < 1.29 is 14.7 Å². The van der Waals surface area contributed by atoms with Crippen molar-refractivity contribution in [2.45, 2.75) is 84.3 Å². The third-order valence-electron chi connectivity index (χ3n) is 10.1. The van der Waals surface area contributed by atoms with Gasteiger partial charge in [0.05, 0.1) is 18.9 Å². The summed E-state index contributed by atoms with van der Waals surface area (Å²) in [6.45, 7) is 8.86. The summed E-state index contributed by atoms with van der Waals surface area (Å²) in [6, 6.07) is 0. The second-order valence-corrected chi connectivity index (χ2v) is 10.9. The average molecular weight is 376 g/mol. The molecule has 5 rings (SSSR count). The van der Waals surface area contributed by atoms with Crippen LogP contribution in [-0.2, 0) is 9.47 Å². The summed E-state index contributed by atoms with van der Waals surface area (Å²) in [7, 11) is 0. The van der Waals surface area contributed by atoms with Crippen molar-refractivity contribution >= 4 is 5.71 Å². The van der Waals surface area contributed by atoms with Gasteiger partial charge >= 0.3 is 0 Å². The van der Waals surface area contributed by atoms with Gasteiger partial charge in [0, 0.05) is 5.92 Å². The first-order valence-corrected chi connectivity index (χ1v) is 11.4. The first kappa shape index (κ1) is 18.4. The molecule has 0 bridgehead atoms. The molecule has 4 saturated carbocycles. The van der Waals surface area contributed by atoms with Crippen LogP contribution in [0.25, 0.3) is 0 Å². The van der Waals surface area contributed by atoms with E-state index in [9.17, 15) is 5.21 Å². The molecule has 7 atom stereocenters. The fraction of sp³-hybridized carbons (Fsp3) is 0.957. The van der Waals surface area contributed by atoms with Gasteiger partial charge in [-0.05, 0) is 99.2 Å². The lowest BCUT2D eigenvalue weighted by molar-refractivity contribution is -0.217. The van der Waals surface area contributed by atoms with Crippen LogP contribution in [0.1, 0.15) is 78.6 Å². The zero-order valence-electron chi connectivity index (χ0n) is 17.4. The molecule has 0 radical (unpaired) electrons. The molecule has 0 spiro atoms. The molecule has 4 heteroatoms. The number of oxime groups is 1. The quantitative estimate of drug-likeness (QED) is 0.504. The van der Waals surface area contributed by atoms with Crippen LogP contribution in [0.5, 0.6) is 0 Å². The van der Waals surface area contributed by atoms with Gasteiger partial charge in [-0.15, -0.1) is 0 Å². The van der Waals surface area contributed by atoms with Gasteiger partial charge in [-0.3, -0.25) is 0 Å². The first-order chi connectivity index (χ1) is 12.9. The zero-order valence-corrected chi connectivity index (χ0v) is 17.4. The van der Waals surface area contributed by atoms with Gasteiger partial charge in [0.2, 0.25) is 0 Å². The maximum atomic E-state index is 9.28. The van der Waals surface area contributed by atoms with Crippen LogP contribution in [0.4, 0.5) is 0 Å². The summed E-state index contributed by atoms with van der Waals surface area (Å²) in [4.78, 5) is 0. The number of rotatable bonds is 1. The van der Waals surface area contributed by atoms with E-state index in [0.29, 0.717) is 16.7 Å². The lowest BCUT2D eigenvalue weighted by Crippen LogP contribution is -2.55. The summed E-state index contributed by atoms with van der Waals surface area (Å²) in [5, 5.41) is 12.9. The summed E-state index contributed by atoms with van der Waals surface area (Å²) in [5.41, 5.74) is 1.86. The largest absolute Gasteiger partial charge is 0.411 e. The van der Waals surface area contributed by atoms with Gasteiger partial charge in [-0.25, -0.2) is 0 Å². The summed E-state index contributed by atoms with van der Waals surface area (Å²) < 4.78 is 12.3. The molecular formula is C23H37NO3. The minimum Gasteiger partial charge on any atom is -0.411 e. The van der Waals surface area contributed by atoms with E-state index in [1.54, 1.807) is 0 Å². The van der Waals surface area contributed by atoms with E-state index in [-0.39, 0.29) is 5.79 Å². The van der Waals surface area contributed by atoms with Gasteiger partial charge in [0.1, 0.15) is 0 Å². The Morgan fingerprint density at radius 3 is 2.37 bits per heavy atom. The van der Waals surface area contributed by atoms with Crippen molar-refractivity contribution in [1.82, 2.24) is 0 Å². The molecule has 4 aliphatic carbocycles. The molecule has 0 aromatic carbocycles. The van der Waals surface area contributed by atoms with Crippen molar-refractivity contribution in [1.29, 1.82) is 0 Å². The van der Waals surface area contributed by atoms with E-state index in [1.165, 1.54) is 44.9 Å². The van der Waals surface area contributed by atoms with E-state index in [2.05, 4.69) is 25.9 Å². The standard InChI is InChI=1S/C23H37NO3/c1-21-10-8-16(24-25)14-15(21)4-5-17-18-6-7-20(23(3)26-12-13-27-23)22(18,2)11-9-19(17)21/h15,17-20,25H,4-14H2,1-3H3/b24-16-/t15-,17?,18?,19?,20?,21?,22?/m0/s1. The molecule has 6 unspecified atom stereocenters. The van der Waals surface area contributed by atoms with Crippen LogP contribution in [0, 0.1) is 40.4 Å². The molecule has 152 valence electrons. The van der Waals surface area contributed by atoms with Gasteiger partial charge in [0.15, 0.2) is 5.79 Å². The Bertz CT molecular complexity index is 627. The minimum atomic E-state index is -0.352. The van der Waals surface area contributed by atoms with E-state index >= 15 is 0 Å². The normalized spacial score (nSPS) is 53.0. The number of ether oxygens (including phenoxy) is 2. The fourth-order valence-corrected chi connectivity index (χ4v) is 8.74. The van der Waals surface area contributed by atoms with Crippen LogP contribution in [-0.4, -0.2) is 29.9 Å². The third-order valence-corrected chi connectivity index (χ3v) is 10.1. The number of hydrogen-bond acceptors (Lipinski definition) is 4. The lowest BCUT2D eigenvalue weighted by Gasteiger charge is -2.61. The SMILES string of the molecule is CC1(C2CCC3C4CC[C@H]5C/C(=N\O)CCC5(C)C4CCC32C)OCCO1. The summed E-state index contributed by atoms with van der Waals surface area (Å²) in [5.74, 6) is 3.47. The Kier molecular flexibility index (Phi) is 4.22. The highest BCUT2D eigenvalue weighted by atomic mass is 16.7. The van der Waals surface area contributed by atoms with Crippen LogP contribution in [0.15, 0.2) is 5.16 Å². The molecule has 27 heavy (non-hydrogen) atoms. The van der Waals surface area contributed by atoms with Crippen molar-refractivity contribution in [3.8, 4) is 0 Å². The van der Waals surface area contributed by atoms with Crippen molar-refractivity contribution in [2.24, 2.45) is 45.6 Å². The predicted octanol–water partition coefficient (Wildman–Crippen LogP) is 5.24. The smallest absolute Gasteiger partial charge is 0.169 e. The first-order valence-electron chi connectivity index (χ1n) is 11.4. The zero-order chi connectivity index (χ0) is 18.9. The molecule has 1 saturated heterocycles. The van der Waals surface area contributed by atoms with Crippen LogP contribution >= 0.6 is 0 Å². The van der Waals surface area contributed by atoms with Crippen molar-refractivity contribution in [3.63, 3.8) is 0 Å². The van der Waals surface area contributed by atoms with Crippen LogP contribution in [0.2, 0.25) is 0 Å². The highest BCUT2D eigenvalue weighted by Crippen LogP contribution is 2.68. The number of fused-ring (bicyclic) bond motifs is 5. The fourth-order valence-electron chi connectivity index (χ4n) is 8.74. The van der Waals surface area contributed by atoms with Gasteiger partial charge in [-0.1, -0.05) is 19.0 Å². The van der Waals surface area contributed by atoms with E-state index in [4.69, 9.17) is 9.47 Å². The Hall–Kier alpha value is -0.610. The second-order valence-electron chi connectivity index (χ2n) is 10.9. The number of nitrogens with zero attached hydrogens (tertiary/aromatic N) is 1. The Morgan fingerprint density at radius 1 is 0.889 bits per heavy atom. The van der Waals surface area contributed by atoms with Crippen LogP contribution in [0.3, 0.4) is 0 Å². The summed E-state index contributed by atoms with van der Waals surface area (Å²) in [6.07, 6.45) is 11.2. The topological polar surface area (TPSA) is 51.1 Å². The van der Waals surface area contributed by atoms with E-state index in [0.717, 1.165) is 55.4 Å². The molecule has 1 aliphatic heterocycles. The molecule has 0 aromatic heterocycles. The van der Waals surface area contributed by atoms with Gasteiger partial charge in [-0.2, -0.15) is 0 Å². The molecule has 0 amide bonds. The lowest BCUT2D eigenvalue weighted by atomic mass is 9.44.